The normalized spacial score (nSPS) is 10.3. The maximum atomic E-state index is 12.5. The molecule has 1 amide bonds. The molecule has 1 heterocycles. The van der Waals surface area contributed by atoms with E-state index in [1.54, 1.807) is 24.2 Å². The Kier molecular flexibility index (Phi) is 4.03. The van der Waals surface area contributed by atoms with E-state index in [-0.39, 0.29) is 5.91 Å². The van der Waals surface area contributed by atoms with Crippen molar-refractivity contribution in [2.45, 2.75) is 20.4 Å². The zero-order valence-corrected chi connectivity index (χ0v) is 12.1. The van der Waals surface area contributed by atoms with Crippen molar-refractivity contribution in [2.24, 2.45) is 0 Å². The molecule has 0 aliphatic carbocycles. The van der Waals surface area contributed by atoms with Crippen LogP contribution >= 0.6 is 0 Å². The lowest BCUT2D eigenvalue weighted by Crippen LogP contribution is -2.27. The monoisotopic (exact) mass is 269 g/mol. The zero-order chi connectivity index (χ0) is 14.7. The van der Waals surface area contributed by atoms with E-state index < -0.39 is 0 Å². The molecule has 0 radical (unpaired) electrons. The Morgan fingerprint density at radius 2 is 2.00 bits per heavy atom. The van der Waals surface area contributed by atoms with Gasteiger partial charge >= 0.3 is 0 Å². The third kappa shape index (κ3) is 2.96. The number of nitrogen functional groups attached to an aromatic ring is 1. The van der Waals surface area contributed by atoms with Crippen molar-refractivity contribution in [1.82, 2.24) is 9.88 Å². The number of anilines is 1. The summed E-state index contributed by atoms with van der Waals surface area (Å²) in [4.78, 5) is 18.4. The topological polar surface area (TPSA) is 59.2 Å². The van der Waals surface area contributed by atoms with E-state index >= 15 is 0 Å². The number of amides is 1. The van der Waals surface area contributed by atoms with Crippen molar-refractivity contribution in [3.63, 3.8) is 0 Å². The van der Waals surface area contributed by atoms with Crippen LogP contribution in [0.2, 0.25) is 0 Å². The summed E-state index contributed by atoms with van der Waals surface area (Å²) in [5.74, 6) is -0.0418. The summed E-state index contributed by atoms with van der Waals surface area (Å²) in [7, 11) is 1.77. The van der Waals surface area contributed by atoms with Gasteiger partial charge in [0.25, 0.3) is 5.91 Å². The summed E-state index contributed by atoms with van der Waals surface area (Å²) >= 11 is 0. The second kappa shape index (κ2) is 5.74. The van der Waals surface area contributed by atoms with Crippen LogP contribution in [0.25, 0.3) is 0 Å². The van der Waals surface area contributed by atoms with E-state index in [1.807, 2.05) is 38.1 Å². The van der Waals surface area contributed by atoms with E-state index in [1.165, 1.54) is 0 Å². The van der Waals surface area contributed by atoms with Crippen LogP contribution in [0.15, 0.2) is 36.5 Å². The Morgan fingerprint density at radius 3 is 2.65 bits per heavy atom. The highest BCUT2D eigenvalue weighted by atomic mass is 16.2. The maximum absolute atomic E-state index is 12.5. The predicted molar refractivity (Wildman–Crippen MR) is 80.4 cm³/mol. The summed E-state index contributed by atoms with van der Waals surface area (Å²) in [5.41, 5.74) is 9.98. The molecule has 4 heteroatoms. The predicted octanol–water partition coefficient (Wildman–Crippen LogP) is 2.55. The molecule has 0 spiro atoms. The molecule has 0 bridgehead atoms. The number of benzene rings is 1. The second-order valence-electron chi connectivity index (χ2n) is 5.01. The van der Waals surface area contributed by atoms with Crippen LogP contribution < -0.4 is 5.73 Å². The molecule has 2 N–H and O–H groups in total. The van der Waals surface area contributed by atoms with E-state index in [4.69, 9.17) is 5.73 Å². The first-order valence-electron chi connectivity index (χ1n) is 6.51. The number of carbonyl (C=O) groups is 1. The first-order chi connectivity index (χ1) is 9.49. The number of carbonyl (C=O) groups excluding carboxylic acids is 1. The molecule has 4 nitrogen and oxygen atoms in total. The van der Waals surface area contributed by atoms with Crippen molar-refractivity contribution in [1.29, 1.82) is 0 Å². The SMILES string of the molecule is Cc1cc(C)c(C(=O)N(C)Cc2ccccn2)cc1N. The third-order valence-corrected chi connectivity index (χ3v) is 3.32. The Labute approximate surface area is 119 Å². The third-order valence-electron chi connectivity index (χ3n) is 3.32. The van der Waals surface area contributed by atoms with Crippen molar-refractivity contribution < 1.29 is 4.79 Å². The van der Waals surface area contributed by atoms with Crippen LogP contribution in [0.1, 0.15) is 27.2 Å². The quantitative estimate of drug-likeness (QED) is 0.871. The van der Waals surface area contributed by atoms with Crippen molar-refractivity contribution >= 4 is 11.6 Å². The molecule has 1 aromatic carbocycles. The Morgan fingerprint density at radius 1 is 1.25 bits per heavy atom. The van der Waals surface area contributed by atoms with Gasteiger partial charge in [-0.05, 0) is 43.2 Å². The fraction of sp³-hybridized carbons (Fsp3) is 0.250. The number of hydrogen-bond donors (Lipinski definition) is 1. The van der Waals surface area contributed by atoms with E-state index in [0.29, 0.717) is 17.8 Å². The van der Waals surface area contributed by atoms with Gasteiger partial charge in [0.2, 0.25) is 0 Å². The summed E-state index contributed by atoms with van der Waals surface area (Å²) in [6.07, 6.45) is 1.72. The molecule has 2 rings (SSSR count). The Hall–Kier alpha value is -2.36. The molecule has 20 heavy (non-hydrogen) atoms. The summed E-state index contributed by atoms with van der Waals surface area (Å²) in [6, 6.07) is 9.37. The first kappa shape index (κ1) is 14.1. The van der Waals surface area contributed by atoms with Gasteiger partial charge in [-0.15, -0.1) is 0 Å². The van der Waals surface area contributed by atoms with Gasteiger partial charge in [0.1, 0.15) is 0 Å². The molecule has 0 fully saturated rings. The molecule has 104 valence electrons. The number of aryl methyl sites for hydroxylation is 2. The van der Waals surface area contributed by atoms with E-state index in [2.05, 4.69) is 4.98 Å². The largest absolute Gasteiger partial charge is 0.398 e. The molecule has 2 aromatic rings. The number of pyridine rings is 1. The molecule has 0 saturated carbocycles. The highest BCUT2D eigenvalue weighted by Crippen LogP contribution is 2.19. The van der Waals surface area contributed by atoms with Gasteiger partial charge < -0.3 is 10.6 Å². The van der Waals surface area contributed by atoms with Gasteiger partial charge in [0.15, 0.2) is 0 Å². The summed E-state index contributed by atoms with van der Waals surface area (Å²) in [6.45, 7) is 4.34. The molecular weight excluding hydrogens is 250 g/mol. The minimum absolute atomic E-state index is 0.0418. The average molecular weight is 269 g/mol. The van der Waals surface area contributed by atoms with Crippen LogP contribution in [0, 0.1) is 13.8 Å². The number of nitrogens with two attached hydrogens (primary N) is 1. The standard InChI is InChI=1S/C16H19N3O/c1-11-8-12(2)15(17)9-14(11)16(20)19(3)10-13-6-4-5-7-18-13/h4-9H,10,17H2,1-3H3. The fourth-order valence-corrected chi connectivity index (χ4v) is 2.11. The highest BCUT2D eigenvalue weighted by Gasteiger charge is 2.16. The first-order valence-corrected chi connectivity index (χ1v) is 6.51. The number of hydrogen-bond acceptors (Lipinski definition) is 3. The van der Waals surface area contributed by atoms with Crippen molar-refractivity contribution in [3.05, 3.63) is 58.9 Å². The lowest BCUT2D eigenvalue weighted by atomic mass is 10.0. The van der Waals surface area contributed by atoms with E-state index in [9.17, 15) is 4.79 Å². The number of rotatable bonds is 3. The number of aromatic nitrogens is 1. The van der Waals surface area contributed by atoms with Gasteiger partial charge in [0, 0.05) is 24.5 Å². The van der Waals surface area contributed by atoms with Gasteiger partial charge in [-0.1, -0.05) is 12.1 Å². The summed E-state index contributed by atoms with van der Waals surface area (Å²) in [5, 5.41) is 0. The fourth-order valence-electron chi connectivity index (χ4n) is 2.11. The van der Waals surface area contributed by atoms with Crippen LogP contribution in [0.5, 0.6) is 0 Å². The van der Waals surface area contributed by atoms with E-state index in [0.717, 1.165) is 16.8 Å². The smallest absolute Gasteiger partial charge is 0.254 e. The Bertz CT molecular complexity index is 623. The lowest BCUT2D eigenvalue weighted by Gasteiger charge is -2.18. The molecule has 0 aliphatic heterocycles. The van der Waals surface area contributed by atoms with Crippen LogP contribution in [-0.2, 0) is 6.54 Å². The highest BCUT2D eigenvalue weighted by molar-refractivity contribution is 5.96. The molecule has 0 aliphatic rings. The van der Waals surface area contributed by atoms with Crippen LogP contribution in [0.3, 0.4) is 0 Å². The number of nitrogens with zero attached hydrogens (tertiary/aromatic N) is 2. The van der Waals surface area contributed by atoms with Crippen molar-refractivity contribution in [2.75, 3.05) is 12.8 Å². The Balaban J connectivity index is 2.21. The molecule has 0 unspecified atom stereocenters. The molecule has 0 saturated heterocycles. The molecular formula is C16H19N3O. The molecule has 1 aromatic heterocycles. The zero-order valence-electron chi connectivity index (χ0n) is 12.1. The lowest BCUT2D eigenvalue weighted by molar-refractivity contribution is 0.0782. The van der Waals surface area contributed by atoms with Crippen LogP contribution in [-0.4, -0.2) is 22.8 Å². The average Bonchev–Trinajstić information content (AvgIpc) is 2.43. The van der Waals surface area contributed by atoms with Gasteiger partial charge in [-0.3, -0.25) is 9.78 Å². The molecule has 0 atom stereocenters. The van der Waals surface area contributed by atoms with Crippen molar-refractivity contribution in [3.8, 4) is 0 Å². The summed E-state index contributed by atoms with van der Waals surface area (Å²) < 4.78 is 0. The second-order valence-corrected chi connectivity index (χ2v) is 5.01. The maximum Gasteiger partial charge on any atom is 0.254 e. The minimum Gasteiger partial charge on any atom is -0.398 e. The van der Waals surface area contributed by atoms with Crippen LogP contribution in [0.4, 0.5) is 5.69 Å². The van der Waals surface area contributed by atoms with Gasteiger partial charge in [-0.2, -0.15) is 0 Å². The minimum atomic E-state index is -0.0418. The van der Waals surface area contributed by atoms with Gasteiger partial charge in [-0.25, -0.2) is 0 Å². The van der Waals surface area contributed by atoms with Gasteiger partial charge in [0.05, 0.1) is 12.2 Å².